The lowest BCUT2D eigenvalue weighted by atomic mass is 10.1. The molecule has 0 aliphatic rings. The number of carbonyl (C=O) groups excluding carboxylic acids is 4. The predicted octanol–water partition coefficient (Wildman–Crippen LogP) is 4.86. The van der Waals surface area contributed by atoms with Gasteiger partial charge in [-0.2, -0.15) is 0 Å². The molecule has 0 aliphatic carbocycles. The molecule has 0 radical (unpaired) electrons. The summed E-state index contributed by atoms with van der Waals surface area (Å²) in [5, 5.41) is 3.26. The molecule has 1 N–H and O–H groups in total. The lowest BCUT2D eigenvalue weighted by molar-refractivity contribution is -0.146. The predicted molar refractivity (Wildman–Crippen MR) is 115 cm³/mol. The van der Waals surface area contributed by atoms with Gasteiger partial charge in [0.15, 0.2) is 11.9 Å². The molecule has 2 aromatic carbocycles. The van der Waals surface area contributed by atoms with E-state index in [9.17, 15) is 19.2 Å². The fourth-order valence-corrected chi connectivity index (χ4v) is 2.83. The molecule has 158 valence electrons. The van der Waals surface area contributed by atoms with Gasteiger partial charge in [-0.15, -0.1) is 0 Å². The zero-order chi connectivity index (χ0) is 22.1. The molecule has 1 atom stereocenters. The number of benzene rings is 2. The first kappa shape index (κ1) is 23.3. The second-order valence-electron chi connectivity index (χ2n) is 6.80. The van der Waals surface area contributed by atoms with Crippen LogP contribution in [0.4, 0.5) is 5.69 Å². The topological polar surface area (TPSA) is 89.5 Å². The van der Waals surface area contributed by atoms with E-state index in [2.05, 4.69) is 5.32 Å². The summed E-state index contributed by atoms with van der Waals surface area (Å²) in [6, 6.07) is 12.8. The fraction of sp³-hybridized carbons (Fsp3) is 0.304. The SMILES string of the molecule is CCCC(=O)Nc1ccc(C(=O)C(C)OC(=O)CCC(=O)c2ccc(Cl)cc2)cc1. The largest absolute Gasteiger partial charge is 0.454 e. The van der Waals surface area contributed by atoms with Gasteiger partial charge in [-0.1, -0.05) is 18.5 Å². The van der Waals surface area contributed by atoms with Crippen LogP contribution in [-0.2, 0) is 14.3 Å². The van der Waals surface area contributed by atoms with Gasteiger partial charge in [0, 0.05) is 34.7 Å². The molecule has 0 heterocycles. The van der Waals surface area contributed by atoms with E-state index in [1.54, 1.807) is 48.5 Å². The number of anilines is 1. The molecular formula is C23H24ClNO5. The molecule has 0 aliphatic heterocycles. The molecule has 0 saturated carbocycles. The molecule has 0 bridgehead atoms. The fourth-order valence-electron chi connectivity index (χ4n) is 2.71. The number of hydrogen-bond acceptors (Lipinski definition) is 5. The Morgan fingerprint density at radius 2 is 1.50 bits per heavy atom. The van der Waals surface area contributed by atoms with Crippen LogP contribution >= 0.6 is 11.6 Å². The second kappa shape index (κ2) is 11.3. The van der Waals surface area contributed by atoms with Crippen LogP contribution in [0.25, 0.3) is 0 Å². The molecule has 2 rings (SSSR count). The average molecular weight is 430 g/mol. The highest BCUT2D eigenvalue weighted by Gasteiger charge is 2.20. The number of esters is 1. The van der Waals surface area contributed by atoms with Gasteiger partial charge in [-0.3, -0.25) is 19.2 Å². The normalized spacial score (nSPS) is 11.4. The number of ketones is 2. The van der Waals surface area contributed by atoms with Crippen molar-refractivity contribution in [1.82, 2.24) is 0 Å². The van der Waals surface area contributed by atoms with Gasteiger partial charge in [0.05, 0.1) is 6.42 Å². The molecule has 2 aromatic rings. The number of nitrogens with one attached hydrogen (secondary N) is 1. The summed E-state index contributed by atoms with van der Waals surface area (Å²) in [6.45, 7) is 3.40. The van der Waals surface area contributed by atoms with Crippen LogP contribution in [0.3, 0.4) is 0 Å². The van der Waals surface area contributed by atoms with E-state index < -0.39 is 12.1 Å². The Bertz CT molecular complexity index is 906. The summed E-state index contributed by atoms with van der Waals surface area (Å²) in [7, 11) is 0. The van der Waals surface area contributed by atoms with Gasteiger partial charge in [0.25, 0.3) is 0 Å². The van der Waals surface area contributed by atoms with Gasteiger partial charge in [0.1, 0.15) is 0 Å². The highest BCUT2D eigenvalue weighted by atomic mass is 35.5. The Balaban J connectivity index is 1.84. The third-order valence-electron chi connectivity index (χ3n) is 4.33. The lowest BCUT2D eigenvalue weighted by Gasteiger charge is -2.13. The summed E-state index contributed by atoms with van der Waals surface area (Å²) >= 11 is 5.79. The minimum Gasteiger partial charge on any atom is -0.454 e. The van der Waals surface area contributed by atoms with Gasteiger partial charge in [-0.25, -0.2) is 0 Å². The Morgan fingerprint density at radius 1 is 0.900 bits per heavy atom. The number of halogens is 1. The third kappa shape index (κ3) is 7.12. The zero-order valence-corrected chi connectivity index (χ0v) is 17.7. The van der Waals surface area contributed by atoms with E-state index in [-0.39, 0.29) is 30.3 Å². The van der Waals surface area contributed by atoms with Crippen molar-refractivity contribution in [3.8, 4) is 0 Å². The minimum atomic E-state index is -0.983. The average Bonchev–Trinajstić information content (AvgIpc) is 2.72. The molecule has 0 fully saturated rings. The Hall–Kier alpha value is -2.99. The second-order valence-corrected chi connectivity index (χ2v) is 7.24. The number of rotatable bonds is 10. The highest BCUT2D eigenvalue weighted by molar-refractivity contribution is 6.30. The van der Waals surface area contributed by atoms with Crippen molar-refractivity contribution in [3.05, 3.63) is 64.7 Å². The smallest absolute Gasteiger partial charge is 0.306 e. The van der Waals surface area contributed by atoms with Gasteiger partial charge in [0.2, 0.25) is 11.7 Å². The van der Waals surface area contributed by atoms with E-state index in [0.717, 1.165) is 6.42 Å². The summed E-state index contributed by atoms with van der Waals surface area (Å²) in [5.41, 5.74) is 1.42. The molecule has 0 spiro atoms. The number of ether oxygens (including phenoxy) is 1. The van der Waals surface area contributed by atoms with Crippen LogP contribution in [0.5, 0.6) is 0 Å². The van der Waals surface area contributed by atoms with Gasteiger partial charge in [-0.05, 0) is 61.9 Å². The van der Waals surface area contributed by atoms with Crippen LogP contribution in [-0.4, -0.2) is 29.5 Å². The van der Waals surface area contributed by atoms with Crippen LogP contribution < -0.4 is 5.32 Å². The zero-order valence-electron chi connectivity index (χ0n) is 16.9. The Kier molecular flexibility index (Phi) is 8.74. The summed E-state index contributed by atoms with van der Waals surface area (Å²) in [4.78, 5) is 48.2. The quantitative estimate of drug-likeness (QED) is 0.430. The first-order chi connectivity index (χ1) is 14.3. The number of hydrogen-bond donors (Lipinski definition) is 1. The van der Waals surface area contributed by atoms with E-state index in [1.807, 2.05) is 6.92 Å². The molecule has 6 nitrogen and oxygen atoms in total. The minimum absolute atomic E-state index is 0.0203. The number of carbonyl (C=O) groups is 4. The maximum atomic E-state index is 12.5. The van der Waals surface area contributed by atoms with Crippen LogP contribution in [0, 0.1) is 0 Å². The molecule has 0 saturated heterocycles. The first-order valence-electron chi connectivity index (χ1n) is 9.72. The van der Waals surface area contributed by atoms with Crippen molar-refractivity contribution in [1.29, 1.82) is 0 Å². The molecular weight excluding hydrogens is 406 g/mol. The maximum Gasteiger partial charge on any atom is 0.306 e. The Morgan fingerprint density at radius 3 is 2.10 bits per heavy atom. The molecule has 30 heavy (non-hydrogen) atoms. The van der Waals surface area contributed by atoms with Gasteiger partial charge >= 0.3 is 5.97 Å². The maximum absolute atomic E-state index is 12.5. The highest BCUT2D eigenvalue weighted by Crippen LogP contribution is 2.15. The van der Waals surface area contributed by atoms with E-state index in [0.29, 0.717) is 28.3 Å². The first-order valence-corrected chi connectivity index (χ1v) is 10.1. The van der Waals surface area contributed by atoms with Crippen LogP contribution in [0.1, 0.15) is 60.2 Å². The molecule has 1 unspecified atom stereocenters. The summed E-state index contributed by atoms with van der Waals surface area (Å²) < 4.78 is 5.17. The van der Waals surface area contributed by atoms with Crippen molar-refractivity contribution in [3.63, 3.8) is 0 Å². The molecule has 0 aromatic heterocycles. The van der Waals surface area contributed by atoms with Crippen LogP contribution in [0.15, 0.2) is 48.5 Å². The Labute approximate surface area is 180 Å². The third-order valence-corrected chi connectivity index (χ3v) is 4.58. The molecule has 7 heteroatoms. The van der Waals surface area contributed by atoms with Crippen molar-refractivity contribution < 1.29 is 23.9 Å². The van der Waals surface area contributed by atoms with E-state index >= 15 is 0 Å². The lowest BCUT2D eigenvalue weighted by Crippen LogP contribution is -2.24. The van der Waals surface area contributed by atoms with E-state index in [4.69, 9.17) is 16.3 Å². The van der Waals surface area contributed by atoms with Crippen molar-refractivity contribution in [2.45, 2.75) is 45.6 Å². The van der Waals surface area contributed by atoms with E-state index in [1.165, 1.54) is 6.92 Å². The monoisotopic (exact) mass is 429 g/mol. The van der Waals surface area contributed by atoms with Gasteiger partial charge < -0.3 is 10.1 Å². The summed E-state index contributed by atoms with van der Waals surface area (Å²) in [5.74, 6) is -1.28. The van der Waals surface area contributed by atoms with Crippen molar-refractivity contribution in [2.75, 3.05) is 5.32 Å². The van der Waals surface area contributed by atoms with Crippen molar-refractivity contribution >= 4 is 40.7 Å². The summed E-state index contributed by atoms with van der Waals surface area (Å²) in [6.07, 6.45) is 0.0448. The number of amides is 1. The standard InChI is InChI=1S/C23H24ClNO5/c1-3-4-21(27)25-19-11-7-17(8-12-19)23(29)15(2)30-22(28)14-13-20(26)16-5-9-18(24)10-6-16/h5-12,15H,3-4,13-14H2,1-2H3,(H,25,27). The number of Topliss-reactive ketones (excluding diaryl/α,β-unsaturated/α-hetero) is 2. The molecule has 1 amide bonds. The van der Waals surface area contributed by atoms with Crippen LogP contribution in [0.2, 0.25) is 5.02 Å². The van der Waals surface area contributed by atoms with Crippen molar-refractivity contribution in [2.24, 2.45) is 0 Å².